The summed E-state index contributed by atoms with van der Waals surface area (Å²) in [4.78, 5) is 16.2. The smallest absolute Gasteiger partial charge is 0.173 e. The molecule has 1 atom stereocenters. The second kappa shape index (κ2) is 5.38. The third-order valence-corrected chi connectivity index (χ3v) is 7.15. The number of Topliss-reactive ketones (excluding diaryl/α,β-unsaturated/α-hetero) is 1. The van der Waals surface area contributed by atoms with Crippen LogP contribution in [0, 0.1) is 17.7 Å². The molecule has 2 bridgehead atoms. The molecule has 2 nitrogen and oxygen atoms in total. The Kier molecular flexibility index (Phi) is 3.58. The van der Waals surface area contributed by atoms with Gasteiger partial charge in [-0.1, -0.05) is 0 Å². The van der Waals surface area contributed by atoms with Crippen molar-refractivity contribution in [3.05, 3.63) is 35.0 Å². The quantitative estimate of drug-likeness (QED) is 0.758. The van der Waals surface area contributed by atoms with E-state index in [2.05, 4.69) is 18.7 Å². The Hall–Kier alpha value is -1.26. The zero-order valence-electron chi connectivity index (χ0n) is 13.6. The molecule has 3 aliphatic rings. The first-order valence-electron chi connectivity index (χ1n) is 8.42. The van der Waals surface area contributed by atoms with Crippen LogP contribution in [0.1, 0.15) is 42.8 Å². The van der Waals surface area contributed by atoms with E-state index in [1.165, 1.54) is 49.4 Å². The maximum Gasteiger partial charge on any atom is 0.173 e. The molecule has 4 heterocycles. The maximum absolute atomic E-state index is 13.3. The molecular weight excluding hydrogens is 309 g/mol. The first-order chi connectivity index (χ1) is 10.9. The number of carbonyl (C=O) groups excluding carboxylic acids is 1. The fourth-order valence-corrected chi connectivity index (χ4v) is 5.55. The van der Waals surface area contributed by atoms with E-state index >= 15 is 0 Å². The van der Waals surface area contributed by atoms with Crippen LogP contribution in [0.5, 0.6) is 0 Å². The van der Waals surface area contributed by atoms with Crippen LogP contribution in [-0.2, 0) is 0 Å². The molecule has 0 unspecified atom stereocenters. The molecule has 122 valence electrons. The van der Waals surface area contributed by atoms with Gasteiger partial charge in [0.15, 0.2) is 5.78 Å². The largest absolute Gasteiger partial charge is 0.298 e. The Labute approximate surface area is 140 Å². The molecule has 1 aromatic heterocycles. The van der Waals surface area contributed by atoms with Crippen molar-refractivity contribution in [3.8, 4) is 0 Å². The van der Waals surface area contributed by atoms with Crippen LogP contribution in [0.4, 0.5) is 4.39 Å². The summed E-state index contributed by atoms with van der Waals surface area (Å²) < 4.78 is 14.3. The van der Waals surface area contributed by atoms with E-state index in [0.29, 0.717) is 18.3 Å². The molecule has 0 saturated carbocycles. The van der Waals surface area contributed by atoms with Gasteiger partial charge < -0.3 is 0 Å². The predicted molar refractivity (Wildman–Crippen MR) is 92.6 cm³/mol. The molecule has 0 N–H and O–H groups in total. The second-order valence-corrected chi connectivity index (χ2v) is 8.59. The normalized spacial score (nSPS) is 29.1. The van der Waals surface area contributed by atoms with Crippen LogP contribution in [0.2, 0.25) is 0 Å². The molecular formula is C19H22FNOS. The number of nitrogens with zero attached hydrogens (tertiary/aromatic N) is 1. The van der Waals surface area contributed by atoms with Crippen LogP contribution >= 0.6 is 11.3 Å². The number of halogens is 1. The summed E-state index contributed by atoms with van der Waals surface area (Å²) in [6, 6.07) is 6.61. The van der Waals surface area contributed by atoms with Gasteiger partial charge in [-0.15, -0.1) is 11.3 Å². The number of rotatable bonds is 3. The maximum atomic E-state index is 13.3. The van der Waals surface area contributed by atoms with Gasteiger partial charge in [0.25, 0.3) is 0 Å². The Morgan fingerprint density at radius 1 is 1.30 bits per heavy atom. The van der Waals surface area contributed by atoms with E-state index in [-0.39, 0.29) is 17.1 Å². The van der Waals surface area contributed by atoms with Gasteiger partial charge in [-0.2, -0.15) is 0 Å². The Balaban J connectivity index is 1.59. The van der Waals surface area contributed by atoms with Crippen LogP contribution in [-0.4, -0.2) is 29.3 Å². The minimum Gasteiger partial charge on any atom is -0.298 e. The highest BCUT2D eigenvalue weighted by molar-refractivity contribution is 7.20. The van der Waals surface area contributed by atoms with Crippen LogP contribution < -0.4 is 0 Å². The number of hydrogen-bond acceptors (Lipinski definition) is 3. The van der Waals surface area contributed by atoms with Crippen molar-refractivity contribution < 1.29 is 9.18 Å². The molecule has 3 aliphatic heterocycles. The van der Waals surface area contributed by atoms with E-state index in [0.717, 1.165) is 15.0 Å². The van der Waals surface area contributed by atoms with Crippen molar-refractivity contribution in [2.24, 2.45) is 11.8 Å². The number of carbonyl (C=O) groups is 1. The van der Waals surface area contributed by atoms with E-state index in [1.807, 2.05) is 6.07 Å². The number of thiophene rings is 1. The fourth-order valence-electron chi connectivity index (χ4n) is 4.56. The summed E-state index contributed by atoms with van der Waals surface area (Å²) in [6.07, 6.45) is 3.06. The SMILES string of the molecule is CC1(C)[C@H](CC(=O)c2cc3cc(F)ccc3s2)C2CCN1CC2. The van der Waals surface area contributed by atoms with Crippen LogP contribution in [0.25, 0.3) is 10.1 Å². The Morgan fingerprint density at radius 2 is 2.04 bits per heavy atom. The highest BCUT2D eigenvalue weighted by Gasteiger charge is 2.47. The standard InChI is InChI=1S/C19H22FNOS/c1-19(2)15(12-5-7-21(19)8-6-12)11-16(22)18-10-13-9-14(20)3-4-17(13)23-18/h3-4,9-10,12,15H,5-8,11H2,1-2H3/t15-/m1/s1. The second-order valence-electron chi connectivity index (χ2n) is 7.50. The minimum atomic E-state index is -0.243. The molecule has 0 amide bonds. The average molecular weight is 331 g/mol. The lowest BCUT2D eigenvalue weighted by Crippen LogP contribution is -2.61. The summed E-state index contributed by atoms with van der Waals surface area (Å²) in [5.41, 5.74) is 0.111. The molecule has 0 spiro atoms. The highest BCUT2D eigenvalue weighted by atomic mass is 32.1. The van der Waals surface area contributed by atoms with E-state index in [4.69, 9.17) is 0 Å². The van der Waals surface area contributed by atoms with Gasteiger partial charge in [-0.3, -0.25) is 9.69 Å². The van der Waals surface area contributed by atoms with Crippen molar-refractivity contribution in [2.75, 3.05) is 13.1 Å². The summed E-state index contributed by atoms with van der Waals surface area (Å²) in [7, 11) is 0. The summed E-state index contributed by atoms with van der Waals surface area (Å²) in [5, 5.41) is 0.839. The zero-order chi connectivity index (χ0) is 16.2. The molecule has 5 rings (SSSR count). The lowest BCUT2D eigenvalue weighted by Gasteiger charge is -2.56. The lowest BCUT2D eigenvalue weighted by molar-refractivity contribution is -0.0643. The number of ketones is 1. The van der Waals surface area contributed by atoms with Crippen molar-refractivity contribution >= 4 is 27.2 Å². The van der Waals surface area contributed by atoms with Crippen molar-refractivity contribution in [1.82, 2.24) is 4.90 Å². The van der Waals surface area contributed by atoms with Gasteiger partial charge in [0.1, 0.15) is 5.82 Å². The third-order valence-electron chi connectivity index (χ3n) is 5.99. The Bertz CT molecular complexity index is 758. The summed E-state index contributed by atoms with van der Waals surface area (Å²) >= 11 is 1.49. The molecule has 0 radical (unpaired) electrons. The third kappa shape index (κ3) is 2.52. The summed E-state index contributed by atoms with van der Waals surface area (Å²) in [5.74, 6) is 1.08. The number of benzene rings is 1. The number of piperidine rings is 3. The predicted octanol–water partition coefficient (Wildman–Crippen LogP) is 4.73. The number of fused-ring (bicyclic) bond motifs is 4. The van der Waals surface area contributed by atoms with Crippen molar-refractivity contribution in [3.63, 3.8) is 0 Å². The van der Waals surface area contributed by atoms with Crippen molar-refractivity contribution in [2.45, 2.75) is 38.6 Å². The highest BCUT2D eigenvalue weighted by Crippen LogP contribution is 2.46. The molecule has 23 heavy (non-hydrogen) atoms. The molecule has 4 heteroatoms. The van der Waals surface area contributed by atoms with E-state index in [9.17, 15) is 9.18 Å². The zero-order valence-corrected chi connectivity index (χ0v) is 14.5. The van der Waals surface area contributed by atoms with E-state index < -0.39 is 0 Å². The molecule has 1 aromatic carbocycles. The first kappa shape index (κ1) is 15.3. The first-order valence-corrected chi connectivity index (χ1v) is 9.24. The van der Waals surface area contributed by atoms with Gasteiger partial charge in [-0.25, -0.2) is 4.39 Å². The average Bonchev–Trinajstić information content (AvgIpc) is 2.94. The molecule has 3 saturated heterocycles. The van der Waals surface area contributed by atoms with Gasteiger partial charge in [0.2, 0.25) is 0 Å². The minimum absolute atomic E-state index is 0.111. The summed E-state index contributed by atoms with van der Waals surface area (Å²) in [6.45, 7) is 6.92. The van der Waals surface area contributed by atoms with Gasteiger partial charge in [-0.05, 0) is 81.3 Å². The monoisotopic (exact) mass is 331 g/mol. The van der Waals surface area contributed by atoms with Crippen LogP contribution in [0.3, 0.4) is 0 Å². The van der Waals surface area contributed by atoms with E-state index in [1.54, 1.807) is 6.07 Å². The van der Waals surface area contributed by atoms with Crippen LogP contribution in [0.15, 0.2) is 24.3 Å². The fraction of sp³-hybridized carbons (Fsp3) is 0.526. The molecule has 2 aromatic rings. The molecule has 0 aliphatic carbocycles. The van der Waals surface area contributed by atoms with Crippen molar-refractivity contribution in [1.29, 1.82) is 0 Å². The molecule has 3 fully saturated rings. The van der Waals surface area contributed by atoms with Gasteiger partial charge >= 0.3 is 0 Å². The lowest BCUT2D eigenvalue weighted by atomic mass is 9.65. The Morgan fingerprint density at radius 3 is 2.74 bits per heavy atom. The topological polar surface area (TPSA) is 20.3 Å². The van der Waals surface area contributed by atoms with Gasteiger partial charge in [0.05, 0.1) is 4.88 Å². The van der Waals surface area contributed by atoms with Gasteiger partial charge in [0, 0.05) is 16.7 Å². The number of hydrogen-bond donors (Lipinski definition) is 0.